The zero-order valence-corrected chi connectivity index (χ0v) is 12.0. The van der Waals surface area contributed by atoms with Crippen molar-refractivity contribution in [3.05, 3.63) is 0 Å². The second-order valence-electron chi connectivity index (χ2n) is 5.98. The van der Waals surface area contributed by atoms with Gasteiger partial charge in [0.1, 0.15) is 5.60 Å². The van der Waals surface area contributed by atoms with E-state index in [-0.39, 0.29) is 12.0 Å². The largest absolute Gasteiger partial charge is 0.444 e. The van der Waals surface area contributed by atoms with E-state index in [1.807, 2.05) is 20.8 Å². The summed E-state index contributed by atoms with van der Waals surface area (Å²) in [5.74, 6) is 0.414. The van der Waals surface area contributed by atoms with Crippen LogP contribution in [0.4, 0.5) is 4.79 Å². The van der Waals surface area contributed by atoms with Crippen molar-refractivity contribution in [1.29, 1.82) is 0 Å². The van der Waals surface area contributed by atoms with Gasteiger partial charge in [-0.2, -0.15) is 0 Å². The molecule has 5 heteroatoms. The van der Waals surface area contributed by atoms with Crippen molar-refractivity contribution in [2.45, 2.75) is 39.7 Å². The maximum atomic E-state index is 11.8. The molecule has 1 heterocycles. The van der Waals surface area contributed by atoms with E-state index in [1.165, 1.54) is 0 Å². The summed E-state index contributed by atoms with van der Waals surface area (Å²) in [6.07, 6.45) is 0.673. The van der Waals surface area contributed by atoms with E-state index >= 15 is 0 Å². The summed E-state index contributed by atoms with van der Waals surface area (Å²) in [6, 6.07) is 0. The minimum absolute atomic E-state index is 0.0609. The lowest BCUT2D eigenvalue weighted by Crippen LogP contribution is -2.36. The highest BCUT2D eigenvalue weighted by molar-refractivity contribution is 5.72. The summed E-state index contributed by atoms with van der Waals surface area (Å²) in [5, 5.41) is 0. The SMILES string of the molecule is CC(=O)N(C)CC1CCN(C(=O)OC(C)(C)C)C1. The average molecular weight is 256 g/mol. The second kappa shape index (κ2) is 5.59. The molecule has 0 spiro atoms. The molecule has 0 aromatic carbocycles. The zero-order valence-electron chi connectivity index (χ0n) is 12.0. The molecule has 0 bridgehead atoms. The van der Waals surface area contributed by atoms with E-state index in [0.717, 1.165) is 6.42 Å². The molecule has 1 rings (SSSR count). The maximum Gasteiger partial charge on any atom is 0.410 e. The number of ether oxygens (including phenoxy) is 1. The van der Waals surface area contributed by atoms with Gasteiger partial charge in [-0.25, -0.2) is 4.79 Å². The first-order valence-corrected chi connectivity index (χ1v) is 6.38. The number of likely N-dealkylation sites (tertiary alicyclic amines) is 1. The molecular weight excluding hydrogens is 232 g/mol. The van der Waals surface area contributed by atoms with Crippen LogP contribution < -0.4 is 0 Å². The van der Waals surface area contributed by atoms with Crippen molar-refractivity contribution in [3.63, 3.8) is 0 Å². The maximum absolute atomic E-state index is 11.8. The Hall–Kier alpha value is -1.26. The Balaban J connectivity index is 2.41. The number of hydrogen-bond donors (Lipinski definition) is 0. The third kappa shape index (κ3) is 4.55. The number of rotatable bonds is 2. The molecular formula is C13H24N2O3. The van der Waals surface area contributed by atoms with Gasteiger partial charge in [0.05, 0.1) is 0 Å². The Morgan fingerprint density at radius 1 is 1.39 bits per heavy atom. The third-order valence-corrected chi connectivity index (χ3v) is 3.01. The molecule has 104 valence electrons. The minimum Gasteiger partial charge on any atom is -0.444 e. The lowest BCUT2D eigenvalue weighted by molar-refractivity contribution is -0.128. The average Bonchev–Trinajstić information content (AvgIpc) is 2.63. The van der Waals surface area contributed by atoms with Crippen LogP contribution in [-0.4, -0.2) is 54.1 Å². The lowest BCUT2D eigenvalue weighted by Gasteiger charge is -2.25. The van der Waals surface area contributed by atoms with Crippen molar-refractivity contribution >= 4 is 12.0 Å². The zero-order chi connectivity index (χ0) is 13.9. The van der Waals surface area contributed by atoms with Crippen molar-refractivity contribution in [2.24, 2.45) is 5.92 Å². The normalized spacial score (nSPS) is 19.8. The minimum atomic E-state index is -0.453. The Morgan fingerprint density at radius 2 is 2.00 bits per heavy atom. The summed E-state index contributed by atoms with van der Waals surface area (Å²) in [4.78, 5) is 26.4. The van der Waals surface area contributed by atoms with Crippen molar-refractivity contribution in [1.82, 2.24) is 9.80 Å². The molecule has 0 aromatic heterocycles. The van der Waals surface area contributed by atoms with Crippen LogP contribution in [0.1, 0.15) is 34.1 Å². The first-order chi connectivity index (χ1) is 8.19. The number of amides is 2. The van der Waals surface area contributed by atoms with Gasteiger partial charge in [-0.1, -0.05) is 0 Å². The number of carbonyl (C=O) groups excluding carboxylic acids is 2. The van der Waals surface area contributed by atoms with Crippen LogP contribution in [0.25, 0.3) is 0 Å². The molecule has 0 radical (unpaired) electrons. The number of hydrogen-bond acceptors (Lipinski definition) is 3. The van der Waals surface area contributed by atoms with Gasteiger partial charge in [0.2, 0.25) is 5.91 Å². The smallest absolute Gasteiger partial charge is 0.410 e. The monoisotopic (exact) mass is 256 g/mol. The quantitative estimate of drug-likeness (QED) is 0.756. The Kier molecular flexibility index (Phi) is 4.59. The van der Waals surface area contributed by atoms with E-state index in [4.69, 9.17) is 4.74 Å². The molecule has 1 saturated heterocycles. The number of carbonyl (C=O) groups is 2. The van der Waals surface area contributed by atoms with Gasteiger partial charge >= 0.3 is 6.09 Å². The molecule has 1 unspecified atom stereocenters. The fourth-order valence-corrected chi connectivity index (χ4v) is 1.99. The highest BCUT2D eigenvalue weighted by Gasteiger charge is 2.30. The van der Waals surface area contributed by atoms with Gasteiger partial charge in [-0.05, 0) is 33.1 Å². The summed E-state index contributed by atoms with van der Waals surface area (Å²) in [6.45, 7) is 9.24. The van der Waals surface area contributed by atoms with Crippen LogP contribution in [0.5, 0.6) is 0 Å². The molecule has 0 saturated carbocycles. The second-order valence-corrected chi connectivity index (χ2v) is 5.98. The van der Waals surface area contributed by atoms with E-state index < -0.39 is 5.60 Å². The van der Waals surface area contributed by atoms with Crippen molar-refractivity contribution in [3.8, 4) is 0 Å². The van der Waals surface area contributed by atoms with Crippen LogP contribution in [0.3, 0.4) is 0 Å². The first-order valence-electron chi connectivity index (χ1n) is 6.38. The van der Waals surface area contributed by atoms with Crippen molar-refractivity contribution in [2.75, 3.05) is 26.7 Å². The Labute approximate surface area is 109 Å². The molecule has 0 N–H and O–H groups in total. The molecule has 5 nitrogen and oxygen atoms in total. The predicted octanol–water partition coefficient (Wildman–Crippen LogP) is 1.72. The lowest BCUT2D eigenvalue weighted by atomic mass is 10.1. The van der Waals surface area contributed by atoms with Crippen LogP contribution >= 0.6 is 0 Å². The van der Waals surface area contributed by atoms with Crippen LogP contribution in [0.2, 0.25) is 0 Å². The van der Waals surface area contributed by atoms with Gasteiger partial charge in [0.15, 0.2) is 0 Å². The van der Waals surface area contributed by atoms with Crippen molar-refractivity contribution < 1.29 is 14.3 Å². The molecule has 18 heavy (non-hydrogen) atoms. The molecule has 2 amide bonds. The van der Waals surface area contributed by atoms with Gasteiger partial charge < -0.3 is 14.5 Å². The van der Waals surface area contributed by atoms with Crippen LogP contribution in [0.15, 0.2) is 0 Å². The van der Waals surface area contributed by atoms with E-state index in [1.54, 1.807) is 23.8 Å². The molecule has 0 aliphatic carbocycles. The van der Waals surface area contributed by atoms with E-state index in [0.29, 0.717) is 25.6 Å². The summed E-state index contributed by atoms with van der Waals surface area (Å²) in [5.41, 5.74) is -0.453. The van der Waals surface area contributed by atoms with E-state index in [2.05, 4.69) is 0 Å². The third-order valence-electron chi connectivity index (χ3n) is 3.01. The summed E-state index contributed by atoms with van der Waals surface area (Å²) < 4.78 is 5.33. The predicted molar refractivity (Wildman–Crippen MR) is 69.2 cm³/mol. The van der Waals surface area contributed by atoms with Gasteiger partial charge in [-0.15, -0.1) is 0 Å². The topological polar surface area (TPSA) is 49.9 Å². The standard InChI is InChI=1S/C13H24N2O3/c1-10(16)14(5)8-11-6-7-15(9-11)12(17)18-13(2,3)4/h11H,6-9H2,1-5H3. The molecule has 1 aliphatic rings. The van der Waals surface area contributed by atoms with Gasteiger partial charge in [0, 0.05) is 33.6 Å². The summed E-state index contributed by atoms with van der Waals surface area (Å²) >= 11 is 0. The van der Waals surface area contributed by atoms with Crippen LogP contribution in [0, 0.1) is 5.92 Å². The Morgan fingerprint density at radius 3 is 2.50 bits per heavy atom. The van der Waals surface area contributed by atoms with E-state index in [9.17, 15) is 9.59 Å². The number of nitrogens with zero attached hydrogens (tertiary/aromatic N) is 2. The highest BCUT2D eigenvalue weighted by Crippen LogP contribution is 2.20. The van der Waals surface area contributed by atoms with Gasteiger partial charge in [-0.3, -0.25) is 4.79 Å². The molecule has 0 aromatic rings. The van der Waals surface area contributed by atoms with Crippen LogP contribution in [-0.2, 0) is 9.53 Å². The fraction of sp³-hybridized carbons (Fsp3) is 0.846. The fourth-order valence-electron chi connectivity index (χ4n) is 1.99. The van der Waals surface area contributed by atoms with Gasteiger partial charge in [0.25, 0.3) is 0 Å². The molecule has 1 aliphatic heterocycles. The summed E-state index contributed by atoms with van der Waals surface area (Å²) in [7, 11) is 1.79. The first kappa shape index (κ1) is 14.8. The molecule has 1 atom stereocenters. The Bertz CT molecular complexity index is 323. The highest BCUT2D eigenvalue weighted by atomic mass is 16.6. The molecule has 1 fully saturated rings.